The first-order valence-corrected chi connectivity index (χ1v) is 8.88. The lowest BCUT2D eigenvalue weighted by Crippen LogP contribution is -2.47. The Hall–Kier alpha value is -1.60. The number of hydrogen-bond donors (Lipinski definition) is 1. The van der Waals surface area contributed by atoms with Crippen molar-refractivity contribution >= 4 is 0 Å². The molecule has 3 rings (SSSR count). The topological polar surface area (TPSA) is 12.0 Å². The normalized spacial score (nSPS) is 18.7. The van der Waals surface area contributed by atoms with Gasteiger partial charge < -0.3 is 5.32 Å². The maximum Gasteiger partial charge on any atom is 0.0204 e. The average molecular weight is 307 g/mol. The first kappa shape index (κ1) is 16.3. The first-order chi connectivity index (χ1) is 11.0. The third-order valence-corrected chi connectivity index (χ3v) is 5.13. The molecule has 1 N–H and O–H groups in total. The van der Waals surface area contributed by atoms with Crippen molar-refractivity contribution in [3.8, 4) is 0 Å². The highest BCUT2D eigenvalue weighted by Gasteiger charge is 2.38. The molecule has 2 aromatic carbocycles. The highest BCUT2D eigenvalue weighted by Crippen LogP contribution is 2.45. The Morgan fingerprint density at radius 3 is 1.61 bits per heavy atom. The fraction of sp³-hybridized carbons (Fsp3) is 0.455. The smallest absolute Gasteiger partial charge is 0.0204 e. The Labute approximate surface area is 141 Å². The van der Waals surface area contributed by atoms with E-state index in [1.807, 2.05) is 0 Å². The summed E-state index contributed by atoms with van der Waals surface area (Å²) in [6, 6.07) is 22.8. The number of hydrogen-bond acceptors (Lipinski definition) is 1. The van der Waals surface area contributed by atoms with Gasteiger partial charge in [0, 0.05) is 17.0 Å². The van der Waals surface area contributed by atoms with Crippen LogP contribution in [0.15, 0.2) is 60.7 Å². The van der Waals surface area contributed by atoms with E-state index in [9.17, 15) is 0 Å². The van der Waals surface area contributed by atoms with Crippen molar-refractivity contribution < 1.29 is 0 Å². The van der Waals surface area contributed by atoms with Crippen LogP contribution in [0.5, 0.6) is 0 Å². The van der Waals surface area contributed by atoms with E-state index in [2.05, 4.69) is 86.8 Å². The van der Waals surface area contributed by atoms with Gasteiger partial charge >= 0.3 is 0 Å². The van der Waals surface area contributed by atoms with Gasteiger partial charge in [0.05, 0.1) is 0 Å². The molecule has 0 aromatic heterocycles. The van der Waals surface area contributed by atoms with Gasteiger partial charge in [-0.15, -0.1) is 0 Å². The van der Waals surface area contributed by atoms with Crippen molar-refractivity contribution in [3.05, 3.63) is 71.8 Å². The fourth-order valence-electron chi connectivity index (χ4n) is 4.13. The summed E-state index contributed by atoms with van der Waals surface area (Å²) in [6.45, 7) is 6.80. The van der Waals surface area contributed by atoms with Gasteiger partial charge in [-0.2, -0.15) is 0 Å². The lowest BCUT2D eigenvalue weighted by atomic mass is 9.64. The summed E-state index contributed by atoms with van der Waals surface area (Å²) in [6.07, 6.45) is 4.91. The van der Waals surface area contributed by atoms with Crippen LogP contribution < -0.4 is 5.32 Å². The molecule has 0 radical (unpaired) electrons. The molecule has 0 unspecified atom stereocenters. The van der Waals surface area contributed by atoms with Gasteiger partial charge in [0.25, 0.3) is 0 Å². The van der Waals surface area contributed by atoms with Crippen LogP contribution in [0, 0.1) is 0 Å². The maximum atomic E-state index is 3.80. The van der Waals surface area contributed by atoms with E-state index < -0.39 is 0 Å². The summed E-state index contributed by atoms with van der Waals surface area (Å²) >= 11 is 0. The molecule has 0 spiro atoms. The van der Waals surface area contributed by atoms with Crippen LogP contribution in [0.2, 0.25) is 0 Å². The zero-order chi connectivity index (χ0) is 16.3. The van der Waals surface area contributed by atoms with E-state index in [1.165, 1.54) is 36.8 Å². The molecule has 0 bridgehead atoms. The molecule has 1 heteroatoms. The molecule has 23 heavy (non-hydrogen) atoms. The van der Waals surface area contributed by atoms with Crippen LogP contribution in [0.4, 0.5) is 0 Å². The molecule has 2 aromatic rings. The highest BCUT2D eigenvalue weighted by molar-refractivity contribution is 5.40. The number of nitrogens with one attached hydrogen (secondary N) is 1. The standard InChI is InChI=1S/C22H29N/c1-21(2,3)23-20-14-16-22(17-15-20,18-10-6-4-7-11-18)19-12-8-5-9-13-19/h4-13,20,23H,14-17H2,1-3H3. The van der Waals surface area contributed by atoms with Crippen LogP contribution in [-0.4, -0.2) is 11.6 Å². The molecular formula is C22H29N. The first-order valence-electron chi connectivity index (χ1n) is 8.88. The second-order valence-electron chi connectivity index (χ2n) is 7.98. The molecule has 1 aliphatic rings. The molecule has 1 nitrogen and oxygen atoms in total. The fourth-order valence-corrected chi connectivity index (χ4v) is 4.13. The van der Waals surface area contributed by atoms with Crippen molar-refractivity contribution in [2.75, 3.05) is 0 Å². The molecule has 0 saturated heterocycles. The summed E-state index contributed by atoms with van der Waals surface area (Å²) in [4.78, 5) is 0. The molecule has 1 fully saturated rings. The van der Waals surface area contributed by atoms with Crippen molar-refractivity contribution in [3.63, 3.8) is 0 Å². The van der Waals surface area contributed by atoms with E-state index in [0.717, 1.165) is 0 Å². The Balaban J connectivity index is 1.88. The molecule has 0 heterocycles. The van der Waals surface area contributed by atoms with Crippen molar-refractivity contribution in [1.82, 2.24) is 5.32 Å². The Morgan fingerprint density at radius 1 is 0.783 bits per heavy atom. The quantitative estimate of drug-likeness (QED) is 0.811. The maximum absolute atomic E-state index is 3.80. The minimum Gasteiger partial charge on any atom is -0.309 e. The Kier molecular flexibility index (Phi) is 4.59. The molecule has 1 saturated carbocycles. The third kappa shape index (κ3) is 3.67. The molecule has 0 atom stereocenters. The predicted molar refractivity (Wildman–Crippen MR) is 98.8 cm³/mol. The highest BCUT2D eigenvalue weighted by atomic mass is 15.0. The largest absolute Gasteiger partial charge is 0.309 e. The lowest BCUT2D eigenvalue weighted by molar-refractivity contribution is 0.244. The van der Waals surface area contributed by atoms with E-state index in [1.54, 1.807) is 0 Å². The minimum absolute atomic E-state index is 0.179. The van der Waals surface area contributed by atoms with Crippen LogP contribution in [0.25, 0.3) is 0 Å². The van der Waals surface area contributed by atoms with Gasteiger partial charge in [0.1, 0.15) is 0 Å². The minimum atomic E-state index is 0.179. The second-order valence-corrected chi connectivity index (χ2v) is 7.98. The molecule has 0 aliphatic heterocycles. The van der Waals surface area contributed by atoms with Crippen molar-refractivity contribution in [2.24, 2.45) is 0 Å². The van der Waals surface area contributed by atoms with Crippen molar-refractivity contribution in [1.29, 1.82) is 0 Å². The molecule has 1 aliphatic carbocycles. The second kappa shape index (κ2) is 6.49. The van der Waals surface area contributed by atoms with Crippen molar-refractivity contribution in [2.45, 2.75) is 63.5 Å². The summed E-state index contributed by atoms with van der Waals surface area (Å²) in [5.41, 5.74) is 3.32. The lowest BCUT2D eigenvalue weighted by Gasteiger charge is -2.43. The summed E-state index contributed by atoms with van der Waals surface area (Å²) in [5.74, 6) is 0. The third-order valence-electron chi connectivity index (χ3n) is 5.13. The predicted octanol–water partition coefficient (Wildman–Crippen LogP) is 5.30. The summed E-state index contributed by atoms with van der Waals surface area (Å²) in [7, 11) is 0. The van der Waals surface area contributed by atoms with Crippen LogP contribution >= 0.6 is 0 Å². The Morgan fingerprint density at radius 2 is 1.22 bits per heavy atom. The van der Waals surface area contributed by atoms with E-state index >= 15 is 0 Å². The number of rotatable bonds is 3. The molecular weight excluding hydrogens is 278 g/mol. The van der Waals surface area contributed by atoms with Gasteiger partial charge in [0.15, 0.2) is 0 Å². The van der Waals surface area contributed by atoms with Gasteiger partial charge in [-0.05, 0) is 57.6 Å². The van der Waals surface area contributed by atoms with Gasteiger partial charge in [-0.25, -0.2) is 0 Å². The van der Waals surface area contributed by atoms with E-state index in [0.29, 0.717) is 6.04 Å². The van der Waals surface area contributed by atoms with Crippen LogP contribution in [0.3, 0.4) is 0 Å². The zero-order valence-electron chi connectivity index (χ0n) is 14.7. The SMILES string of the molecule is CC(C)(C)NC1CCC(c2ccccc2)(c2ccccc2)CC1. The molecule has 122 valence electrons. The van der Waals surface area contributed by atoms with Gasteiger partial charge in [-0.3, -0.25) is 0 Å². The Bertz CT molecular complexity index is 560. The van der Waals surface area contributed by atoms with Gasteiger partial charge in [-0.1, -0.05) is 60.7 Å². The van der Waals surface area contributed by atoms with E-state index in [-0.39, 0.29) is 11.0 Å². The monoisotopic (exact) mass is 307 g/mol. The average Bonchev–Trinajstić information content (AvgIpc) is 2.56. The van der Waals surface area contributed by atoms with Crippen LogP contribution in [0.1, 0.15) is 57.6 Å². The van der Waals surface area contributed by atoms with Crippen LogP contribution in [-0.2, 0) is 5.41 Å². The number of benzene rings is 2. The van der Waals surface area contributed by atoms with E-state index in [4.69, 9.17) is 0 Å². The summed E-state index contributed by atoms with van der Waals surface area (Å²) in [5, 5.41) is 3.80. The summed E-state index contributed by atoms with van der Waals surface area (Å²) < 4.78 is 0. The van der Waals surface area contributed by atoms with Gasteiger partial charge in [0.2, 0.25) is 0 Å². The molecule has 0 amide bonds. The zero-order valence-corrected chi connectivity index (χ0v) is 14.7.